The average Bonchev–Trinajstić information content (AvgIpc) is 2.77. The van der Waals surface area contributed by atoms with E-state index in [1.807, 2.05) is 29.2 Å². The molecule has 2 aliphatic heterocycles. The van der Waals surface area contributed by atoms with Gasteiger partial charge in [-0.15, -0.1) is 0 Å². The number of rotatable bonds is 2. The molecule has 1 aromatic carbocycles. The fraction of sp³-hybridized carbons (Fsp3) is 0.562. The minimum Gasteiger partial charge on any atom is -0.480 e. The molecule has 0 radical (unpaired) electrons. The van der Waals surface area contributed by atoms with Gasteiger partial charge in [-0.25, -0.2) is 0 Å². The summed E-state index contributed by atoms with van der Waals surface area (Å²) in [5, 5.41) is 9.52. The Hall–Kier alpha value is -1.55. The Morgan fingerprint density at radius 1 is 1.30 bits per heavy atom. The van der Waals surface area contributed by atoms with Crippen LogP contribution in [0.15, 0.2) is 24.3 Å². The van der Waals surface area contributed by atoms with Crippen LogP contribution in [0.3, 0.4) is 0 Å². The van der Waals surface area contributed by atoms with Crippen LogP contribution < -0.4 is 4.74 Å². The zero-order chi connectivity index (χ0) is 13.9. The molecule has 3 rings (SSSR count). The number of carbonyl (C=O) groups excluding carboxylic acids is 1. The molecule has 0 aliphatic carbocycles. The molecular weight excluding hydrogens is 254 g/mol. The first-order valence-corrected chi connectivity index (χ1v) is 7.45. The zero-order valence-corrected chi connectivity index (χ0v) is 11.6. The molecule has 108 valence electrons. The van der Waals surface area contributed by atoms with Crippen molar-refractivity contribution in [3.8, 4) is 5.75 Å². The lowest BCUT2D eigenvalue weighted by Crippen LogP contribution is -2.48. The molecule has 2 unspecified atom stereocenters. The van der Waals surface area contributed by atoms with Gasteiger partial charge in [-0.2, -0.15) is 0 Å². The van der Waals surface area contributed by atoms with Gasteiger partial charge < -0.3 is 14.7 Å². The number of nitrogens with zero attached hydrogens (tertiary/aromatic N) is 1. The number of ether oxygens (including phenoxy) is 1. The number of aliphatic hydroxyl groups is 1. The molecule has 2 atom stereocenters. The van der Waals surface area contributed by atoms with Gasteiger partial charge in [0, 0.05) is 13.0 Å². The molecule has 4 heteroatoms. The van der Waals surface area contributed by atoms with E-state index in [0.29, 0.717) is 6.42 Å². The van der Waals surface area contributed by atoms with E-state index in [1.165, 1.54) is 0 Å². The summed E-state index contributed by atoms with van der Waals surface area (Å²) in [6, 6.07) is 7.77. The second-order valence-electron chi connectivity index (χ2n) is 5.64. The van der Waals surface area contributed by atoms with Crippen LogP contribution >= 0.6 is 0 Å². The van der Waals surface area contributed by atoms with Crippen molar-refractivity contribution in [1.29, 1.82) is 0 Å². The first-order valence-electron chi connectivity index (χ1n) is 7.45. The molecule has 1 amide bonds. The van der Waals surface area contributed by atoms with Gasteiger partial charge >= 0.3 is 0 Å². The van der Waals surface area contributed by atoms with Crippen LogP contribution in [-0.2, 0) is 11.2 Å². The molecule has 2 aliphatic rings. The molecule has 0 bridgehead atoms. The van der Waals surface area contributed by atoms with E-state index < -0.39 is 6.10 Å². The van der Waals surface area contributed by atoms with Crippen molar-refractivity contribution in [3.63, 3.8) is 0 Å². The van der Waals surface area contributed by atoms with E-state index in [4.69, 9.17) is 4.74 Å². The fourth-order valence-corrected chi connectivity index (χ4v) is 3.16. The van der Waals surface area contributed by atoms with E-state index in [1.54, 1.807) is 0 Å². The van der Waals surface area contributed by atoms with E-state index in [0.717, 1.165) is 43.5 Å². The van der Waals surface area contributed by atoms with Crippen LogP contribution in [0.25, 0.3) is 0 Å². The number of benzene rings is 1. The van der Waals surface area contributed by atoms with Crippen LogP contribution in [0.5, 0.6) is 5.75 Å². The minimum absolute atomic E-state index is 0.0298. The maximum absolute atomic E-state index is 12.7. The number of carbonyl (C=O) groups is 1. The summed E-state index contributed by atoms with van der Waals surface area (Å²) in [5.74, 6) is 0.850. The van der Waals surface area contributed by atoms with Gasteiger partial charge in [0.2, 0.25) is 0 Å². The molecule has 0 saturated carbocycles. The van der Waals surface area contributed by atoms with Gasteiger partial charge in [0.1, 0.15) is 5.75 Å². The Labute approximate surface area is 119 Å². The summed E-state index contributed by atoms with van der Waals surface area (Å²) in [4.78, 5) is 14.5. The summed E-state index contributed by atoms with van der Waals surface area (Å²) >= 11 is 0. The lowest BCUT2D eigenvalue weighted by molar-refractivity contribution is -0.141. The smallest absolute Gasteiger partial charge is 0.264 e. The van der Waals surface area contributed by atoms with E-state index in [2.05, 4.69) is 0 Å². The Kier molecular flexibility index (Phi) is 3.92. The Balaban J connectivity index is 1.73. The fourth-order valence-electron chi connectivity index (χ4n) is 3.16. The summed E-state index contributed by atoms with van der Waals surface area (Å²) < 4.78 is 5.78. The van der Waals surface area contributed by atoms with Gasteiger partial charge in [-0.3, -0.25) is 4.79 Å². The Morgan fingerprint density at radius 2 is 2.15 bits per heavy atom. The molecule has 4 nitrogen and oxygen atoms in total. The second-order valence-corrected chi connectivity index (χ2v) is 5.64. The predicted molar refractivity (Wildman–Crippen MR) is 75.6 cm³/mol. The van der Waals surface area contributed by atoms with Gasteiger partial charge in [0.15, 0.2) is 6.10 Å². The molecule has 20 heavy (non-hydrogen) atoms. The number of hydrogen-bond donors (Lipinski definition) is 1. The SMILES string of the molecule is O=C(C1Cc2ccccc2O1)N1CCCCCC1CO. The van der Waals surface area contributed by atoms with Crippen molar-refractivity contribution in [2.24, 2.45) is 0 Å². The highest BCUT2D eigenvalue weighted by Gasteiger charge is 2.35. The predicted octanol–water partition coefficient (Wildman–Crippen LogP) is 1.75. The number of fused-ring (bicyclic) bond motifs is 1. The summed E-state index contributed by atoms with van der Waals surface area (Å²) in [5.41, 5.74) is 1.10. The summed E-state index contributed by atoms with van der Waals surface area (Å²) in [7, 11) is 0. The Bertz CT molecular complexity index is 463. The highest BCUT2D eigenvalue weighted by atomic mass is 16.5. The Morgan fingerprint density at radius 3 is 2.95 bits per heavy atom. The van der Waals surface area contributed by atoms with Crippen molar-refractivity contribution in [1.82, 2.24) is 4.90 Å². The van der Waals surface area contributed by atoms with Crippen LogP contribution in [0.4, 0.5) is 0 Å². The number of amides is 1. The number of likely N-dealkylation sites (tertiary alicyclic amines) is 1. The molecule has 1 N–H and O–H groups in total. The lowest BCUT2D eigenvalue weighted by Gasteiger charge is -2.30. The lowest BCUT2D eigenvalue weighted by atomic mass is 10.1. The van der Waals surface area contributed by atoms with Crippen LogP contribution in [0, 0.1) is 0 Å². The molecular formula is C16H21NO3. The minimum atomic E-state index is -0.417. The van der Waals surface area contributed by atoms with Gasteiger partial charge in [-0.05, 0) is 24.5 Å². The largest absolute Gasteiger partial charge is 0.480 e. The topological polar surface area (TPSA) is 49.8 Å². The monoisotopic (exact) mass is 275 g/mol. The van der Waals surface area contributed by atoms with Crippen molar-refractivity contribution in [2.75, 3.05) is 13.2 Å². The quantitative estimate of drug-likeness (QED) is 0.894. The van der Waals surface area contributed by atoms with Crippen molar-refractivity contribution in [2.45, 2.75) is 44.2 Å². The highest BCUT2D eigenvalue weighted by molar-refractivity contribution is 5.83. The van der Waals surface area contributed by atoms with Gasteiger partial charge in [0.25, 0.3) is 5.91 Å². The molecule has 1 fully saturated rings. The maximum atomic E-state index is 12.7. The molecule has 1 saturated heterocycles. The van der Waals surface area contributed by atoms with Gasteiger partial charge in [-0.1, -0.05) is 31.0 Å². The van der Waals surface area contributed by atoms with Gasteiger partial charge in [0.05, 0.1) is 12.6 Å². The number of hydrogen-bond acceptors (Lipinski definition) is 3. The van der Waals surface area contributed by atoms with Crippen LogP contribution in [-0.4, -0.2) is 41.2 Å². The summed E-state index contributed by atoms with van der Waals surface area (Å²) in [6.45, 7) is 0.783. The van der Waals surface area contributed by atoms with Crippen molar-refractivity contribution < 1.29 is 14.6 Å². The molecule has 1 aromatic rings. The van der Waals surface area contributed by atoms with Crippen molar-refractivity contribution in [3.05, 3.63) is 29.8 Å². The first-order chi connectivity index (χ1) is 9.79. The number of para-hydroxylation sites is 1. The normalized spacial score (nSPS) is 25.8. The standard InChI is InChI=1S/C16H21NO3/c18-11-13-7-2-1-5-9-17(13)16(19)15-10-12-6-3-4-8-14(12)20-15/h3-4,6,8,13,15,18H,1-2,5,7,9-11H2. The molecule has 0 aromatic heterocycles. The highest BCUT2D eigenvalue weighted by Crippen LogP contribution is 2.30. The third-order valence-corrected chi connectivity index (χ3v) is 4.29. The third-order valence-electron chi connectivity index (χ3n) is 4.29. The second kappa shape index (κ2) is 5.83. The van der Waals surface area contributed by atoms with Crippen LogP contribution in [0.2, 0.25) is 0 Å². The van der Waals surface area contributed by atoms with E-state index >= 15 is 0 Å². The molecule has 0 spiro atoms. The average molecular weight is 275 g/mol. The third kappa shape index (κ3) is 2.52. The van der Waals surface area contributed by atoms with E-state index in [9.17, 15) is 9.90 Å². The maximum Gasteiger partial charge on any atom is 0.264 e. The number of aliphatic hydroxyl groups excluding tert-OH is 1. The zero-order valence-electron chi connectivity index (χ0n) is 11.6. The summed E-state index contributed by atoms with van der Waals surface area (Å²) in [6.07, 6.45) is 4.35. The first kappa shape index (κ1) is 13.4. The van der Waals surface area contributed by atoms with E-state index in [-0.39, 0.29) is 18.6 Å². The molecule has 2 heterocycles. The van der Waals surface area contributed by atoms with Crippen LogP contribution in [0.1, 0.15) is 31.2 Å². The van der Waals surface area contributed by atoms with Crippen molar-refractivity contribution >= 4 is 5.91 Å².